The summed E-state index contributed by atoms with van der Waals surface area (Å²) in [6.07, 6.45) is 0.243. The lowest BCUT2D eigenvalue weighted by Crippen LogP contribution is -2.15. The van der Waals surface area contributed by atoms with Gasteiger partial charge in [-0.25, -0.2) is 0 Å². The summed E-state index contributed by atoms with van der Waals surface area (Å²) in [5, 5.41) is 3.88. The molecule has 0 aliphatic rings. The Morgan fingerprint density at radius 2 is 2.58 bits per heavy atom. The minimum atomic E-state index is -0.270. The summed E-state index contributed by atoms with van der Waals surface area (Å²) in [7, 11) is 1.36. The SMILES string of the molecule is COC(=O)C[C@@H](N)c1ccsc1. The van der Waals surface area contributed by atoms with Gasteiger partial charge in [0, 0.05) is 6.04 Å². The number of hydrogen-bond donors (Lipinski definition) is 1. The van der Waals surface area contributed by atoms with Crippen molar-refractivity contribution in [3.8, 4) is 0 Å². The van der Waals surface area contributed by atoms with Crippen LogP contribution in [0.5, 0.6) is 0 Å². The molecule has 0 saturated heterocycles. The summed E-state index contributed by atoms with van der Waals surface area (Å²) in [6, 6.07) is 1.68. The second-order valence-electron chi connectivity index (χ2n) is 2.44. The highest BCUT2D eigenvalue weighted by molar-refractivity contribution is 7.07. The van der Waals surface area contributed by atoms with Crippen LogP contribution in [0.15, 0.2) is 16.8 Å². The molecule has 12 heavy (non-hydrogen) atoms. The van der Waals surface area contributed by atoms with Gasteiger partial charge >= 0.3 is 5.97 Å². The van der Waals surface area contributed by atoms with E-state index >= 15 is 0 Å². The predicted octanol–water partition coefficient (Wildman–Crippen LogP) is 1.31. The third-order valence-corrected chi connectivity index (χ3v) is 2.29. The van der Waals surface area contributed by atoms with Crippen LogP contribution in [0.3, 0.4) is 0 Å². The van der Waals surface area contributed by atoms with Crippen molar-refractivity contribution in [2.75, 3.05) is 7.11 Å². The maximum atomic E-state index is 10.8. The van der Waals surface area contributed by atoms with E-state index in [4.69, 9.17) is 5.73 Å². The molecule has 0 aliphatic carbocycles. The van der Waals surface area contributed by atoms with Gasteiger partial charge in [-0.1, -0.05) is 0 Å². The van der Waals surface area contributed by atoms with Gasteiger partial charge in [-0.05, 0) is 22.4 Å². The first-order valence-electron chi connectivity index (χ1n) is 3.58. The Bertz CT molecular complexity index is 246. The first kappa shape index (κ1) is 9.22. The van der Waals surface area contributed by atoms with Crippen molar-refractivity contribution in [1.82, 2.24) is 0 Å². The molecule has 66 valence electrons. The average Bonchev–Trinajstić information content (AvgIpc) is 2.56. The zero-order valence-corrected chi connectivity index (χ0v) is 7.64. The predicted molar refractivity (Wildman–Crippen MR) is 47.9 cm³/mol. The molecule has 3 nitrogen and oxygen atoms in total. The van der Waals surface area contributed by atoms with E-state index in [0.717, 1.165) is 5.56 Å². The maximum absolute atomic E-state index is 10.8. The number of carbonyl (C=O) groups excluding carboxylic acids is 1. The van der Waals surface area contributed by atoms with E-state index in [9.17, 15) is 4.79 Å². The second kappa shape index (κ2) is 4.23. The summed E-state index contributed by atoms with van der Waals surface area (Å²) in [6.45, 7) is 0. The quantitative estimate of drug-likeness (QED) is 0.722. The lowest BCUT2D eigenvalue weighted by atomic mass is 10.1. The Morgan fingerprint density at radius 1 is 1.83 bits per heavy atom. The molecule has 0 unspecified atom stereocenters. The Kier molecular flexibility index (Phi) is 3.25. The fourth-order valence-corrected chi connectivity index (χ4v) is 1.59. The molecule has 0 radical (unpaired) electrons. The number of esters is 1. The molecule has 4 heteroatoms. The number of nitrogens with two attached hydrogens (primary N) is 1. The summed E-state index contributed by atoms with van der Waals surface area (Å²) >= 11 is 1.57. The van der Waals surface area contributed by atoms with Crippen molar-refractivity contribution in [3.63, 3.8) is 0 Å². The summed E-state index contributed by atoms with van der Waals surface area (Å²) in [5.74, 6) is -0.270. The van der Waals surface area contributed by atoms with E-state index < -0.39 is 0 Å². The third kappa shape index (κ3) is 2.32. The van der Waals surface area contributed by atoms with Crippen LogP contribution >= 0.6 is 11.3 Å². The molecular weight excluding hydrogens is 174 g/mol. The molecule has 1 atom stereocenters. The summed E-state index contributed by atoms with van der Waals surface area (Å²) < 4.78 is 4.50. The Morgan fingerprint density at radius 3 is 3.08 bits per heavy atom. The number of rotatable bonds is 3. The first-order chi connectivity index (χ1) is 5.74. The summed E-state index contributed by atoms with van der Waals surface area (Å²) in [5.41, 5.74) is 6.71. The number of ether oxygens (including phenoxy) is 1. The van der Waals surface area contributed by atoms with E-state index in [2.05, 4.69) is 4.74 Å². The van der Waals surface area contributed by atoms with Gasteiger partial charge in [-0.3, -0.25) is 4.79 Å². The number of methoxy groups -OCH3 is 1. The highest BCUT2D eigenvalue weighted by Crippen LogP contribution is 2.16. The Balaban J connectivity index is 2.49. The van der Waals surface area contributed by atoms with Crippen LogP contribution in [0.2, 0.25) is 0 Å². The van der Waals surface area contributed by atoms with Gasteiger partial charge in [0.1, 0.15) is 0 Å². The Hall–Kier alpha value is -0.870. The minimum absolute atomic E-state index is 0.233. The lowest BCUT2D eigenvalue weighted by molar-refractivity contribution is -0.141. The molecule has 0 saturated carbocycles. The van der Waals surface area contributed by atoms with Crippen LogP contribution in [0.4, 0.5) is 0 Å². The van der Waals surface area contributed by atoms with Crippen LogP contribution in [0.1, 0.15) is 18.0 Å². The Labute approximate surface area is 75.1 Å². The van der Waals surface area contributed by atoms with E-state index in [1.165, 1.54) is 7.11 Å². The van der Waals surface area contributed by atoms with Crippen molar-refractivity contribution in [2.45, 2.75) is 12.5 Å². The highest BCUT2D eigenvalue weighted by atomic mass is 32.1. The molecule has 1 aromatic heterocycles. The molecule has 0 spiro atoms. The third-order valence-electron chi connectivity index (χ3n) is 1.59. The molecule has 1 heterocycles. The molecule has 0 aliphatic heterocycles. The number of carbonyl (C=O) groups is 1. The van der Waals surface area contributed by atoms with Crippen molar-refractivity contribution < 1.29 is 9.53 Å². The van der Waals surface area contributed by atoms with Gasteiger partial charge in [-0.2, -0.15) is 11.3 Å². The molecule has 0 aromatic carbocycles. The van der Waals surface area contributed by atoms with Crippen molar-refractivity contribution in [1.29, 1.82) is 0 Å². The second-order valence-corrected chi connectivity index (χ2v) is 3.22. The van der Waals surface area contributed by atoms with Gasteiger partial charge in [0.15, 0.2) is 0 Å². The molecule has 0 amide bonds. The molecule has 0 fully saturated rings. The monoisotopic (exact) mass is 185 g/mol. The van der Waals surface area contributed by atoms with Crippen LogP contribution in [0.25, 0.3) is 0 Å². The largest absolute Gasteiger partial charge is 0.469 e. The van der Waals surface area contributed by atoms with Gasteiger partial charge in [-0.15, -0.1) is 0 Å². The molecule has 0 bridgehead atoms. The first-order valence-corrected chi connectivity index (χ1v) is 4.53. The van der Waals surface area contributed by atoms with Crippen LogP contribution in [-0.4, -0.2) is 13.1 Å². The maximum Gasteiger partial charge on any atom is 0.307 e. The fraction of sp³-hybridized carbons (Fsp3) is 0.375. The zero-order chi connectivity index (χ0) is 8.97. The van der Waals surface area contributed by atoms with Crippen molar-refractivity contribution in [3.05, 3.63) is 22.4 Å². The van der Waals surface area contributed by atoms with Crippen LogP contribution < -0.4 is 5.73 Å². The van der Waals surface area contributed by atoms with Crippen molar-refractivity contribution >= 4 is 17.3 Å². The van der Waals surface area contributed by atoms with E-state index in [1.807, 2.05) is 16.8 Å². The number of hydrogen-bond acceptors (Lipinski definition) is 4. The van der Waals surface area contributed by atoms with E-state index in [0.29, 0.717) is 0 Å². The average molecular weight is 185 g/mol. The smallest absolute Gasteiger partial charge is 0.307 e. The van der Waals surface area contributed by atoms with Gasteiger partial charge in [0.05, 0.1) is 13.5 Å². The molecule has 2 N–H and O–H groups in total. The van der Waals surface area contributed by atoms with E-state index in [-0.39, 0.29) is 18.4 Å². The standard InChI is InChI=1S/C8H11NO2S/c1-11-8(10)4-7(9)6-2-3-12-5-6/h2-3,5,7H,4,9H2,1H3/t7-/m1/s1. The topological polar surface area (TPSA) is 52.3 Å². The van der Waals surface area contributed by atoms with Crippen LogP contribution in [-0.2, 0) is 9.53 Å². The van der Waals surface area contributed by atoms with E-state index in [1.54, 1.807) is 11.3 Å². The molecule has 1 rings (SSSR count). The van der Waals surface area contributed by atoms with Gasteiger partial charge in [0.2, 0.25) is 0 Å². The fourth-order valence-electron chi connectivity index (χ4n) is 0.867. The molecular formula is C8H11NO2S. The lowest BCUT2D eigenvalue weighted by Gasteiger charge is -2.06. The highest BCUT2D eigenvalue weighted by Gasteiger charge is 2.11. The van der Waals surface area contributed by atoms with Crippen LogP contribution in [0, 0.1) is 0 Å². The van der Waals surface area contributed by atoms with Gasteiger partial charge < -0.3 is 10.5 Å². The van der Waals surface area contributed by atoms with Gasteiger partial charge in [0.25, 0.3) is 0 Å². The summed E-state index contributed by atoms with van der Waals surface area (Å²) in [4.78, 5) is 10.8. The molecule has 1 aromatic rings. The van der Waals surface area contributed by atoms with Crippen molar-refractivity contribution in [2.24, 2.45) is 5.73 Å². The number of thiophene rings is 1. The minimum Gasteiger partial charge on any atom is -0.469 e. The zero-order valence-electron chi connectivity index (χ0n) is 6.82. The normalized spacial score (nSPS) is 12.5.